The van der Waals surface area contributed by atoms with Gasteiger partial charge in [-0.25, -0.2) is 0 Å². The van der Waals surface area contributed by atoms with Gasteiger partial charge in [0.25, 0.3) is 0 Å². The summed E-state index contributed by atoms with van der Waals surface area (Å²) in [7, 11) is 0. The van der Waals surface area contributed by atoms with Crippen LogP contribution in [0, 0.1) is 13.8 Å². The van der Waals surface area contributed by atoms with Crippen LogP contribution in [0.15, 0.2) is 42.5 Å². The van der Waals surface area contributed by atoms with E-state index < -0.39 is 0 Å². The third kappa shape index (κ3) is 4.83. The predicted molar refractivity (Wildman–Crippen MR) is 94.9 cm³/mol. The molecule has 128 valence electrons. The number of esters is 1. The number of carbonyl (C=O) groups is 1. The molecule has 2 aromatic carbocycles. The van der Waals surface area contributed by atoms with E-state index >= 15 is 0 Å². The van der Waals surface area contributed by atoms with Crippen molar-refractivity contribution in [2.75, 3.05) is 6.61 Å². The van der Waals surface area contributed by atoms with Crippen molar-refractivity contribution in [1.29, 1.82) is 0 Å². The Hall–Kier alpha value is -2.33. The van der Waals surface area contributed by atoms with Crippen LogP contribution in [0.5, 0.6) is 5.75 Å². The first-order chi connectivity index (χ1) is 11.5. The van der Waals surface area contributed by atoms with E-state index in [0.717, 1.165) is 28.0 Å². The lowest BCUT2D eigenvalue weighted by Gasteiger charge is -2.17. The Balaban J connectivity index is 2.08. The Labute approximate surface area is 143 Å². The predicted octanol–water partition coefficient (Wildman–Crippen LogP) is 3.84. The summed E-state index contributed by atoms with van der Waals surface area (Å²) < 4.78 is 10.9. The summed E-state index contributed by atoms with van der Waals surface area (Å²) in [6.45, 7) is 6.67. The molecule has 2 aromatic rings. The third-order valence-corrected chi connectivity index (χ3v) is 3.83. The summed E-state index contributed by atoms with van der Waals surface area (Å²) in [6.07, 6.45) is 0.178. The summed E-state index contributed by atoms with van der Waals surface area (Å²) in [4.78, 5) is 11.6. The smallest absolute Gasteiger partial charge is 0.307 e. The lowest BCUT2D eigenvalue weighted by molar-refractivity contribution is -0.143. The van der Waals surface area contributed by atoms with Gasteiger partial charge in [-0.05, 0) is 43.0 Å². The van der Waals surface area contributed by atoms with Gasteiger partial charge in [-0.2, -0.15) is 0 Å². The second-order valence-corrected chi connectivity index (χ2v) is 5.87. The molecule has 4 heteroatoms. The molecule has 0 saturated heterocycles. The van der Waals surface area contributed by atoms with E-state index in [1.807, 2.05) is 56.3 Å². The molecule has 0 amide bonds. The van der Waals surface area contributed by atoms with Gasteiger partial charge < -0.3 is 15.2 Å². The van der Waals surface area contributed by atoms with E-state index in [-0.39, 0.29) is 18.4 Å². The lowest BCUT2D eigenvalue weighted by atomic mass is 9.99. The molecule has 4 nitrogen and oxygen atoms in total. The van der Waals surface area contributed by atoms with Crippen LogP contribution in [-0.4, -0.2) is 12.6 Å². The number of aryl methyl sites for hydroxylation is 2. The van der Waals surface area contributed by atoms with Gasteiger partial charge in [0.15, 0.2) is 0 Å². The van der Waals surface area contributed by atoms with Crippen LogP contribution in [0.25, 0.3) is 0 Å². The average Bonchev–Trinajstić information content (AvgIpc) is 2.55. The summed E-state index contributed by atoms with van der Waals surface area (Å²) in [5.74, 6) is 0.593. The minimum atomic E-state index is -0.371. The second-order valence-electron chi connectivity index (χ2n) is 5.87. The molecular weight excluding hydrogens is 302 g/mol. The van der Waals surface area contributed by atoms with Gasteiger partial charge in [-0.3, -0.25) is 4.79 Å². The average molecular weight is 327 g/mol. The minimum absolute atomic E-state index is 0.178. The zero-order valence-electron chi connectivity index (χ0n) is 14.5. The molecule has 24 heavy (non-hydrogen) atoms. The molecular formula is C20H25NO3. The van der Waals surface area contributed by atoms with Crippen LogP contribution in [0.3, 0.4) is 0 Å². The Kier molecular flexibility index (Phi) is 6.38. The van der Waals surface area contributed by atoms with Crippen molar-refractivity contribution in [3.8, 4) is 5.75 Å². The van der Waals surface area contributed by atoms with Crippen LogP contribution >= 0.6 is 0 Å². The molecule has 0 saturated carbocycles. The fraction of sp³-hybridized carbons (Fsp3) is 0.350. The number of benzene rings is 2. The molecule has 0 spiro atoms. The molecule has 0 aliphatic heterocycles. The van der Waals surface area contributed by atoms with Crippen LogP contribution < -0.4 is 10.5 Å². The quantitative estimate of drug-likeness (QED) is 0.785. The van der Waals surface area contributed by atoms with E-state index in [4.69, 9.17) is 15.2 Å². The highest BCUT2D eigenvalue weighted by Crippen LogP contribution is 2.28. The fourth-order valence-corrected chi connectivity index (χ4v) is 2.67. The topological polar surface area (TPSA) is 61.5 Å². The zero-order chi connectivity index (χ0) is 17.5. The standard InChI is InChI=1S/C20H25NO3/c1-4-23-19(22)12-18(21)17-10-14(2)20(15(3)11-17)24-13-16-8-6-5-7-9-16/h5-11,18H,4,12-13,21H2,1-3H3/t18-/m0/s1. The minimum Gasteiger partial charge on any atom is -0.488 e. The molecule has 0 unspecified atom stereocenters. The van der Waals surface area contributed by atoms with E-state index in [1.165, 1.54) is 0 Å². The molecule has 0 aromatic heterocycles. The largest absolute Gasteiger partial charge is 0.488 e. The van der Waals surface area contributed by atoms with Crippen molar-refractivity contribution in [1.82, 2.24) is 0 Å². The second kappa shape index (κ2) is 8.50. The highest BCUT2D eigenvalue weighted by molar-refractivity contribution is 5.70. The number of carbonyl (C=O) groups excluding carboxylic acids is 1. The summed E-state index contributed by atoms with van der Waals surface area (Å²) in [5.41, 5.74) is 10.2. The maximum Gasteiger partial charge on any atom is 0.307 e. The van der Waals surface area contributed by atoms with Crippen LogP contribution in [0.4, 0.5) is 0 Å². The Bertz CT molecular complexity index is 660. The van der Waals surface area contributed by atoms with Crippen molar-refractivity contribution < 1.29 is 14.3 Å². The Morgan fingerprint density at radius 1 is 1.12 bits per heavy atom. The monoisotopic (exact) mass is 327 g/mol. The maximum atomic E-state index is 11.6. The normalized spacial score (nSPS) is 11.8. The summed E-state index contributed by atoms with van der Waals surface area (Å²) in [6, 6.07) is 13.6. The SMILES string of the molecule is CCOC(=O)C[C@H](N)c1cc(C)c(OCc2ccccc2)c(C)c1. The summed E-state index contributed by atoms with van der Waals surface area (Å²) in [5, 5.41) is 0. The number of rotatable bonds is 7. The van der Waals surface area contributed by atoms with E-state index in [0.29, 0.717) is 13.2 Å². The van der Waals surface area contributed by atoms with E-state index in [9.17, 15) is 4.79 Å². The van der Waals surface area contributed by atoms with Crippen molar-refractivity contribution in [3.05, 3.63) is 64.7 Å². The molecule has 2 rings (SSSR count). The molecule has 0 aliphatic carbocycles. The summed E-state index contributed by atoms with van der Waals surface area (Å²) >= 11 is 0. The molecule has 0 bridgehead atoms. The third-order valence-electron chi connectivity index (χ3n) is 3.83. The lowest BCUT2D eigenvalue weighted by Crippen LogP contribution is -2.17. The van der Waals surface area contributed by atoms with Crippen molar-refractivity contribution in [2.24, 2.45) is 5.73 Å². The number of nitrogens with two attached hydrogens (primary N) is 1. The van der Waals surface area contributed by atoms with Gasteiger partial charge in [0.1, 0.15) is 12.4 Å². The van der Waals surface area contributed by atoms with Crippen LogP contribution in [0.1, 0.15) is 41.6 Å². The molecule has 0 aliphatic rings. The zero-order valence-corrected chi connectivity index (χ0v) is 14.5. The molecule has 0 radical (unpaired) electrons. The first kappa shape index (κ1) is 18.0. The molecule has 0 fully saturated rings. The highest BCUT2D eigenvalue weighted by atomic mass is 16.5. The number of ether oxygens (including phenoxy) is 2. The fourth-order valence-electron chi connectivity index (χ4n) is 2.67. The van der Waals surface area contributed by atoms with Gasteiger partial charge in [-0.15, -0.1) is 0 Å². The van der Waals surface area contributed by atoms with Crippen molar-refractivity contribution in [3.63, 3.8) is 0 Å². The molecule has 2 N–H and O–H groups in total. The van der Waals surface area contributed by atoms with Gasteiger partial charge >= 0.3 is 5.97 Å². The van der Waals surface area contributed by atoms with Gasteiger partial charge in [-0.1, -0.05) is 42.5 Å². The Morgan fingerprint density at radius 2 is 1.75 bits per heavy atom. The van der Waals surface area contributed by atoms with Crippen molar-refractivity contribution in [2.45, 2.75) is 39.8 Å². The first-order valence-electron chi connectivity index (χ1n) is 8.20. The van der Waals surface area contributed by atoms with Gasteiger partial charge in [0.2, 0.25) is 0 Å². The number of hydrogen-bond donors (Lipinski definition) is 1. The van der Waals surface area contributed by atoms with E-state index in [1.54, 1.807) is 6.92 Å². The van der Waals surface area contributed by atoms with Crippen molar-refractivity contribution >= 4 is 5.97 Å². The Morgan fingerprint density at radius 3 is 2.33 bits per heavy atom. The number of hydrogen-bond acceptors (Lipinski definition) is 4. The first-order valence-corrected chi connectivity index (χ1v) is 8.20. The van der Waals surface area contributed by atoms with Gasteiger partial charge in [0.05, 0.1) is 13.0 Å². The molecule has 0 heterocycles. The van der Waals surface area contributed by atoms with Crippen LogP contribution in [-0.2, 0) is 16.1 Å². The van der Waals surface area contributed by atoms with Crippen LogP contribution in [0.2, 0.25) is 0 Å². The van der Waals surface area contributed by atoms with Gasteiger partial charge in [0, 0.05) is 6.04 Å². The molecule has 1 atom stereocenters. The maximum absolute atomic E-state index is 11.6. The van der Waals surface area contributed by atoms with E-state index in [2.05, 4.69) is 0 Å². The highest BCUT2D eigenvalue weighted by Gasteiger charge is 2.15.